The summed E-state index contributed by atoms with van der Waals surface area (Å²) in [6, 6.07) is 0. The molecule has 0 aliphatic rings. The zero-order valence-electron chi connectivity index (χ0n) is 9.60. The van der Waals surface area contributed by atoms with Gasteiger partial charge in [0.15, 0.2) is 0 Å². The highest BCUT2D eigenvalue weighted by atomic mass is 16.2. The van der Waals surface area contributed by atoms with Gasteiger partial charge in [0.05, 0.1) is 0 Å². The van der Waals surface area contributed by atoms with E-state index in [2.05, 4.69) is 0 Å². The lowest BCUT2D eigenvalue weighted by Crippen LogP contribution is -2.45. The third kappa shape index (κ3) is 1.54. The van der Waals surface area contributed by atoms with Crippen molar-refractivity contribution in [3.8, 4) is 0 Å². The molecule has 0 aliphatic heterocycles. The smallest absolute Gasteiger partial charge is 0.230 e. The van der Waals surface area contributed by atoms with Crippen LogP contribution in [-0.2, 0) is 5.41 Å². The standard InChI is InChI=1S/C12H18O2/c1-6-7(2)8-9(12(3,4)5)11(14)10(8)13/h7H,6H2,1-5H3. The maximum Gasteiger partial charge on any atom is 0.230 e. The van der Waals surface area contributed by atoms with Crippen LogP contribution in [0.3, 0.4) is 0 Å². The lowest BCUT2D eigenvalue weighted by atomic mass is 9.76. The summed E-state index contributed by atoms with van der Waals surface area (Å²) in [7, 11) is 0. The molecule has 0 spiro atoms. The van der Waals surface area contributed by atoms with E-state index in [1.54, 1.807) is 0 Å². The molecule has 0 N–H and O–H groups in total. The highest BCUT2D eigenvalue weighted by Crippen LogP contribution is 2.28. The summed E-state index contributed by atoms with van der Waals surface area (Å²) in [5, 5.41) is 0. The van der Waals surface area contributed by atoms with Gasteiger partial charge in [-0.2, -0.15) is 0 Å². The Morgan fingerprint density at radius 3 is 2.00 bits per heavy atom. The Balaban J connectivity index is 3.28. The van der Waals surface area contributed by atoms with Crippen LogP contribution >= 0.6 is 0 Å². The molecule has 1 atom stereocenters. The molecule has 0 aromatic heterocycles. The molecule has 1 unspecified atom stereocenters. The number of hydrogen-bond donors (Lipinski definition) is 0. The molecular weight excluding hydrogens is 176 g/mol. The third-order valence-corrected chi connectivity index (χ3v) is 2.80. The van der Waals surface area contributed by atoms with E-state index >= 15 is 0 Å². The Morgan fingerprint density at radius 1 is 1.14 bits per heavy atom. The van der Waals surface area contributed by atoms with Gasteiger partial charge in [-0.05, 0) is 17.8 Å². The molecule has 2 nitrogen and oxygen atoms in total. The van der Waals surface area contributed by atoms with Crippen LogP contribution in [0.1, 0.15) is 58.1 Å². The summed E-state index contributed by atoms with van der Waals surface area (Å²) < 4.78 is 0. The first-order valence-corrected chi connectivity index (χ1v) is 5.14. The maximum absolute atomic E-state index is 11.4. The van der Waals surface area contributed by atoms with Gasteiger partial charge < -0.3 is 0 Å². The van der Waals surface area contributed by atoms with Crippen LogP contribution in [0.4, 0.5) is 0 Å². The van der Waals surface area contributed by atoms with Crippen molar-refractivity contribution in [1.82, 2.24) is 0 Å². The first-order valence-electron chi connectivity index (χ1n) is 5.14. The maximum atomic E-state index is 11.4. The largest absolute Gasteiger partial charge is 0.285 e. The van der Waals surface area contributed by atoms with Gasteiger partial charge in [0, 0.05) is 11.1 Å². The summed E-state index contributed by atoms with van der Waals surface area (Å²) in [4.78, 5) is 22.8. The van der Waals surface area contributed by atoms with Crippen LogP contribution in [0.5, 0.6) is 0 Å². The van der Waals surface area contributed by atoms with Gasteiger partial charge in [-0.15, -0.1) is 0 Å². The number of rotatable bonds is 2. The van der Waals surface area contributed by atoms with Gasteiger partial charge in [-0.3, -0.25) is 9.59 Å². The minimum atomic E-state index is -0.271. The highest BCUT2D eigenvalue weighted by molar-refractivity contribution is 5.40. The molecule has 0 saturated heterocycles. The molecule has 14 heavy (non-hydrogen) atoms. The van der Waals surface area contributed by atoms with E-state index in [4.69, 9.17) is 0 Å². The SMILES string of the molecule is CCC(C)c1c(C(C)(C)C)c(=O)c1=O. The van der Waals surface area contributed by atoms with Gasteiger partial charge in [0.1, 0.15) is 0 Å². The molecule has 0 fully saturated rings. The lowest BCUT2D eigenvalue weighted by molar-refractivity contribution is 0.552. The van der Waals surface area contributed by atoms with E-state index in [-0.39, 0.29) is 22.2 Å². The van der Waals surface area contributed by atoms with E-state index in [0.717, 1.165) is 17.5 Å². The van der Waals surface area contributed by atoms with Crippen LogP contribution in [-0.4, -0.2) is 0 Å². The zero-order chi connectivity index (χ0) is 11.1. The molecule has 0 radical (unpaired) electrons. The van der Waals surface area contributed by atoms with E-state index in [0.29, 0.717) is 0 Å². The van der Waals surface area contributed by atoms with Crippen LogP contribution < -0.4 is 10.9 Å². The molecule has 0 saturated carbocycles. The summed E-state index contributed by atoms with van der Waals surface area (Å²) in [5.41, 5.74) is 0.794. The summed E-state index contributed by atoms with van der Waals surface area (Å²) in [6.45, 7) is 9.98. The van der Waals surface area contributed by atoms with Crippen molar-refractivity contribution < 1.29 is 0 Å². The van der Waals surface area contributed by atoms with Crippen molar-refractivity contribution in [2.75, 3.05) is 0 Å². The monoisotopic (exact) mass is 194 g/mol. The molecular formula is C12H18O2. The molecule has 1 aromatic carbocycles. The molecule has 1 rings (SSSR count). The Labute approximate surface area is 84.7 Å². The van der Waals surface area contributed by atoms with Gasteiger partial charge >= 0.3 is 0 Å². The molecule has 78 valence electrons. The van der Waals surface area contributed by atoms with E-state index in [1.165, 1.54) is 0 Å². The molecule has 0 aliphatic carbocycles. The topological polar surface area (TPSA) is 34.1 Å². The average Bonchev–Trinajstić information content (AvgIpc) is 2.09. The van der Waals surface area contributed by atoms with Gasteiger partial charge in [0.25, 0.3) is 0 Å². The second kappa shape index (κ2) is 3.34. The summed E-state index contributed by atoms with van der Waals surface area (Å²) >= 11 is 0. The van der Waals surface area contributed by atoms with Crippen LogP contribution in [0.25, 0.3) is 0 Å². The Hall–Kier alpha value is -0.920. The molecule has 0 amide bonds. The Morgan fingerprint density at radius 2 is 1.64 bits per heavy atom. The average molecular weight is 194 g/mol. The van der Waals surface area contributed by atoms with Crippen molar-refractivity contribution in [2.45, 2.75) is 52.4 Å². The normalized spacial score (nSPS) is 14.6. The van der Waals surface area contributed by atoms with Crippen molar-refractivity contribution in [1.29, 1.82) is 0 Å². The Kier molecular flexibility index (Phi) is 2.66. The second-order valence-electron chi connectivity index (χ2n) is 5.01. The van der Waals surface area contributed by atoms with Gasteiger partial charge in [-0.25, -0.2) is 0 Å². The Bertz CT molecular complexity index is 400. The third-order valence-electron chi connectivity index (χ3n) is 2.80. The summed E-state index contributed by atoms with van der Waals surface area (Å²) in [5.74, 6) is 0.217. The summed E-state index contributed by atoms with van der Waals surface area (Å²) in [6.07, 6.45) is 0.911. The molecule has 0 bridgehead atoms. The van der Waals surface area contributed by atoms with Crippen LogP contribution in [0.2, 0.25) is 0 Å². The quantitative estimate of drug-likeness (QED) is 0.675. The minimum Gasteiger partial charge on any atom is -0.285 e. The van der Waals surface area contributed by atoms with E-state index < -0.39 is 0 Å². The van der Waals surface area contributed by atoms with Crippen molar-refractivity contribution in [3.63, 3.8) is 0 Å². The van der Waals surface area contributed by atoms with Crippen LogP contribution in [0.15, 0.2) is 9.59 Å². The zero-order valence-corrected chi connectivity index (χ0v) is 9.60. The fourth-order valence-corrected chi connectivity index (χ4v) is 1.83. The van der Waals surface area contributed by atoms with E-state index in [9.17, 15) is 9.59 Å². The highest BCUT2D eigenvalue weighted by Gasteiger charge is 2.31. The predicted octanol–water partition coefficient (Wildman–Crippen LogP) is 2.09. The second-order valence-corrected chi connectivity index (χ2v) is 5.01. The van der Waals surface area contributed by atoms with Gasteiger partial charge in [-0.1, -0.05) is 34.6 Å². The fraction of sp³-hybridized carbons (Fsp3) is 0.667. The predicted molar refractivity (Wildman–Crippen MR) is 58.8 cm³/mol. The first-order chi connectivity index (χ1) is 6.30. The van der Waals surface area contributed by atoms with Crippen LogP contribution in [0, 0.1) is 0 Å². The molecule has 2 heteroatoms. The number of hydrogen-bond acceptors (Lipinski definition) is 2. The molecule has 0 heterocycles. The first kappa shape index (κ1) is 11.2. The van der Waals surface area contributed by atoms with Crippen molar-refractivity contribution in [2.24, 2.45) is 0 Å². The van der Waals surface area contributed by atoms with Gasteiger partial charge in [0.2, 0.25) is 10.9 Å². The van der Waals surface area contributed by atoms with E-state index in [1.807, 2.05) is 34.6 Å². The van der Waals surface area contributed by atoms with Crippen molar-refractivity contribution in [3.05, 3.63) is 31.6 Å². The fourth-order valence-electron chi connectivity index (χ4n) is 1.83. The lowest BCUT2D eigenvalue weighted by Gasteiger charge is -2.26. The molecule has 1 aromatic rings. The minimum absolute atomic E-state index is 0.191. The van der Waals surface area contributed by atoms with Crippen molar-refractivity contribution >= 4 is 0 Å².